The second-order valence-corrected chi connectivity index (χ2v) is 7.64. The SMILES string of the molecule is COc1ccc(CN(C(=O)COc2ccccc2)[C@@H](C)C(=O)NC2CCCC2)cc1. The Hall–Kier alpha value is -3.02. The normalized spacial score (nSPS) is 14.7. The third-order valence-corrected chi connectivity index (χ3v) is 5.49. The van der Waals surface area contributed by atoms with Gasteiger partial charge in [-0.2, -0.15) is 0 Å². The van der Waals surface area contributed by atoms with Gasteiger partial charge in [-0.3, -0.25) is 9.59 Å². The predicted molar refractivity (Wildman–Crippen MR) is 115 cm³/mol. The molecule has 1 aliphatic carbocycles. The third-order valence-electron chi connectivity index (χ3n) is 5.49. The molecule has 160 valence electrons. The summed E-state index contributed by atoms with van der Waals surface area (Å²) >= 11 is 0. The second kappa shape index (κ2) is 10.7. The molecule has 6 heteroatoms. The first kappa shape index (κ1) is 21.7. The van der Waals surface area contributed by atoms with Gasteiger partial charge in [-0.05, 0) is 49.6 Å². The third kappa shape index (κ3) is 5.99. The highest BCUT2D eigenvalue weighted by Gasteiger charge is 2.28. The van der Waals surface area contributed by atoms with Crippen molar-refractivity contribution in [2.45, 2.75) is 51.2 Å². The molecular formula is C24H30N2O4. The van der Waals surface area contributed by atoms with Gasteiger partial charge in [-0.25, -0.2) is 0 Å². The van der Waals surface area contributed by atoms with Gasteiger partial charge in [0.2, 0.25) is 5.91 Å². The first-order valence-corrected chi connectivity index (χ1v) is 10.5. The van der Waals surface area contributed by atoms with Crippen LogP contribution in [0.3, 0.4) is 0 Å². The molecule has 1 saturated carbocycles. The van der Waals surface area contributed by atoms with Crippen LogP contribution in [0.25, 0.3) is 0 Å². The van der Waals surface area contributed by atoms with E-state index in [4.69, 9.17) is 9.47 Å². The number of nitrogens with one attached hydrogen (secondary N) is 1. The predicted octanol–water partition coefficient (Wildman–Crippen LogP) is 3.55. The highest BCUT2D eigenvalue weighted by atomic mass is 16.5. The van der Waals surface area contributed by atoms with Gasteiger partial charge in [0.15, 0.2) is 6.61 Å². The highest BCUT2D eigenvalue weighted by Crippen LogP contribution is 2.19. The molecule has 0 aromatic heterocycles. The number of amides is 2. The van der Waals surface area contributed by atoms with E-state index in [9.17, 15) is 9.59 Å². The summed E-state index contributed by atoms with van der Waals surface area (Å²) in [7, 11) is 1.61. The molecule has 2 aromatic carbocycles. The Morgan fingerprint density at radius 3 is 2.33 bits per heavy atom. The second-order valence-electron chi connectivity index (χ2n) is 7.64. The van der Waals surface area contributed by atoms with Crippen LogP contribution in [0.15, 0.2) is 54.6 Å². The lowest BCUT2D eigenvalue weighted by Crippen LogP contribution is -2.50. The summed E-state index contributed by atoms with van der Waals surface area (Å²) in [6.45, 7) is 1.97. The van der Waals surface area contributed by atoms with E-state index in [0.29, 0.717) is 12.3 Å². The summed E-state index contributed by atoms with van der Waals surface area (Å²) < 4.78 is 10.8. The quantitative estimate of drug-likeness (QED) is 0.687. The zero-order valence-electron chi connectivity index (χ0n) is 17.7. The maximum absolute atomic E-state index is 13.0. The maximum atomic E-state index is 13.0. The highest BCUT2D eigenvalue weighted by molar-refractivity contribution is 5.88. The molecule has 1 fully saturated rings. The minimum atomic E-state index is -0.598. The molecule has 0 bridgehead atoms. The minimum Gasteiger partial charge on any atom is -0.497 e. The van der Waals surface area contributed by atoms with Crippen LogP contribution in [0, 0.1) is 0 Å². The van der Waals surface area contributed by atoms with Crippen molar-refractivity contribution < 1.29 is 19.1 Å². The Kier molecular flexibility index (Phi) is 7.71. The summed E-state index contributed by atoms with van der Waals surface area (Å²) in [5.74, 6) is 1.02. The van der Waals surface area contributed by atoms with Crippen LogP contribution in [0.5, 0.6) is 11.5 Å². The number of ether oxygens (including phenoxy) is 2. The molecule has 6 nitrogen and oxygen atoms in total. The average molecular weight is 411 g/mol. The Bertz CT molecular complexity index is 817. The number of benzene rings is 2. The van der Waals surface area contributed by atoms with Crippen molar-refractivity contribution in [3.8, 4) is 11.5 Å². The molecule has 1 atom stereocenters. The minimum absolute atomic E-state index is 0.122. The summed E-state index contributed by atoms with van der Waals surface area (Å²) in [4.78, 5) is 27.4. The van der Waals surface area contributed by atoms with E-state index in [1.165, 1.54) is 0 Å². The van der Waals surface area contributed by atoms with Gasteiger partial charge in [0, 0.05) is 12.6 Å². The lowest BCUT2D eigenvalue weighted by molar-refractivity contribution is -0.142. The van der Waals surface area contributed by atoms with Gasteiger partial charge >= 0.3 is 0 Å². The number of hydrogen-bond acceptors (Lipinski definition) is 4. The first-order valence-electron chi connectivity index (χ1n) is 10.5. The van der Waals surface area contributed by atoms with E-state index in [0.717, 1.165) is 37.0 Å². The maximum Gasteiger partial charge on any atom is 0.261 e. The van der Waals surface area contributed by atoms with Crippen LogP contribution in [-0.2, 0) is 16.1 Å². The number of carbonyl (C=O) groups is 2. The van der Waals surface area contributed by atoms with Crippen LogP contribution in [0.1, 0.15) is 38.2 Å². The smallest absolute Gasteiger partial charge is 0.261 e. The van der Waals surface area contributed by atoms with Crippen LogP contribution in [0.4, 0.5) is 0 Å². The monoisotopic (exact) mass is 410 g/mol. The molecular weight excluding hydrogens is 380 g/mol. The number of nitrogens with zero attached hydrogens (tertiary/aromatic N) is 1. The van der Waals surface area contributed by atoms with Crippen LogP contribution in [0.2, 0.25) is 0 Å². The van der Waals surface area contributed by atoms with Crippen LogP contribution < -0.4 is 14.8 Å². The molecule has 3 rings (SSSR count). The van der Waals surface area contributed by atoms with Crippen molar-refractivity contribution in [1.29, 1.82) is 0 Å². The Labute approximate surface area is 178 Å². The Morgan fingerprint density at radius 1 is 1.03 bits per heavy atom. The van der Waals surface area contributed by atoms with Gasteiger partial charge in [0.05, 0.1) is 7.11 Å². The number of hydrogen-bond donors (Lipinski definition) is 1. The molecule has 2 amide bonds. The van der Waals surface area contributed by atoms with E-state index in [-0.39, 0.29) is 24.5 Å². The standard InChI is InChI=1S/C24H30N2O4/c1-18(24(28)25-20-8-6-7-9-20)26(16-19-12-14-21(29-2)15-13-19)23(27)17-30-22-10-4-3-5-11-22/h3-5,10-15,18,20H,6-9,16-17H2,1-2H3,(H,25,28)/t18-/m0/s1. The molecule has 0 saturated heterocycles. The van der Waals surface area contributed by atoms with Crippen LogP contribution in [-0.4, -0.2) is 42.5 Å². The van der Waals surface area contributed by atoms with Crippen molar-refractivity contribution in [3.63, 3.8) is 0 Å². The van der Waals surface area contributed by atoms with E-state index in [2.05, 4.69) is 5.32 Å². The van der Waals surface area contributed by atoms with Gasteiger partial charge < -0.3 is 19.7 Å². The number of carbonyl (C=O) groups excluding carboxylic acids is 2. The molecule has 1 aliphatic rings. The van der Waals surface area contributed by atoms with E-state index in [1.807, 2.05) is 42.5 Å². The molecule has 0 radical (unpaired) electrons. The molecule has 0 heterocycles. The van der Waals surface area contributed by atoms with E-state index >= 15 is 0 Å². The molecule has 2 aromatic rings. The molecule has 0 spiro atoms. The van der Waals surface area contributed by atoms with Gasteiger partial charge in [0.25, 0.3) is 5.91 Å². The van der Waals surface area contributed by atoms with Crippen molar-refractivity contribution in [2.75, 3.05) is 13.7 Å². The average Bonchev–Trinajstić information content (AvgIpc) is 3.29. The van der Waals surface area contributed by atoms with Crippen molar-refractivity contribution in [2.24, 2.45) is 0 Å². The summed E-state index contributed by atoms with van der Waals surface area (Å²) in [5, 5.41) is 3.10. The number of rotatable bonds is 9. The first-order chi connectivity index (χ1) is 14.6. The number of methoxy groups -OCH3 is 1. The zero-order valence-corrected chi connectivity index (χ0v) is 17.7. The van der Waals surface area contributed by atoms with Gasteiger partial charge in [-0.1, -0.05) is 43.2 Å². The molecule has 0 unspecified atom stereocenters. The topological polar surface area (TPSA) is 67.9 Å². The lowest BCUT2D eigenvalue weighted by Gasteiger charge is -2.29. The van der Waals surface area contributed by atoms with Crippen LogP contribution >= 0.6 is 0 Å². The van der Waals surface area contributed by atoms with Crippen molar-refractivity contribution >= 4 is 11.8 Å². The van der Waals surface area contributed by atoms with Gasteiger partial charge in [0.1, 0.15) is 17.5 Å². The molecule has 30 heavy (non-hydrogen) atoms. The zero-order chi connectivity index (χ0) is 21.3. The van der Waals surface area contributed by atoms with Crippen molar-refractivity contribution in [1.82, 2.24) is 10.2 Å². The Balaban J connectivity index is 1.70. The Morgan fingerprint density at radius 2 is 1.70 bits per heavy atom. The fourth-order valence-corrected chi connectivity index (χ4v) is 3.65. The van der Waals surface area contributed by atoms with Gasteiger partial charge in [-0.15, -0.1) is 0 Å². The molecule has 1 N–H and O–H groups in total. The van der Waals surface area contributed by atoms with Crippen molar-refractivity contribution in [3.05, 3.63) is 60.2 Å². The summed E-state index contributed by atoms with van der Waals surface area (Å²) in [6.07, 6.45) is 4.28. The summed E-state index contributed by atoms with van der Waals surface area (Å²) in [5.41, 5.74) is 0.921. The van der Waals surface area contributed by atoms with E-state index in [1.54, 1.807) is 31.1 Å². The summed E-state index contributed by atoms with van der Waals surface area (Å²) in [6, 6.07) is 16.3. The largest absolute Gasteiger partial charge is 0.497 e. The fourth-order valence-electron chi connectivity index (χ4n) is 3.65. The lowest BCUT2D eigenvalue weighted by atomic mass is 10.1. The number of para-hydroxylation sites is 1. The molecule has 0 aliphatic heterocycles. The fraction of sp³-hybridized carbons (Fsp3) is 0.417. The van der Waals surface area contributed by atoms with E-state index < -0.39 is 6.04 Å².